The minimum Gasteiger partial charge on any atom is -0.497 e. The Bertz CT molecular complexity index is 755. The molecular formula is C19H21NO5. The number of carbonyl (C=O) groups excluding carboxylic acids is 1. The summed E-state index contributed by atoms with van der Waals surface area (Å²) in [6.07, 6.45) is 0.645. The first-order valence-electron chi connectivity index (χ1n) is 7.95. The van der Waals surface area contributed by atoms with Gasteiger partial charge in [0.25, 0.3) is 5.91 Å². The van der Waals surface area contributed by atoms with Crippen molar-refractivity contribution in [3.63, 3.8) is 0 Å². The Morgan fingerprint density at radius 1 is 1.12 bits per heavy atom. The molecule has 132 valence electrons. The van der Waals surface area contributed by atoms with Gasteiger partial charge in [0.2, 0.25) is 6.79 Å². The zero-order valence-electron chi connectivity index (χ0n) is 14.6. The minimum atomic E-state index is -0.104. The monoisotopic (exact) mass is 343 g/mol. The summed E-state index contributed by atoms with van der Waals surface area (Å²) in [5.41, 5.74) is 2.03. The van der Waals surface area contributed by atoms with E-state index in [1.54, 1.807) is 27.3 Å². The van der Waals surface area contributed by atoms with Crippen LogP contribution in [0.2, 0.25) is 0 Å². The second kappa shape index (κ2) is 7.34. The normalized spacial score (nSPS) is 12.0. The predicted molar refractivity (Wildman–Crippen MR) is 92.6 cm³/mol. The van der Waals surface area contributed by atoms with Crippen molar-refractivity contribution in [2.75, 3.05) is 34.6 Å². The molecule has 0 spiro atoms. The maximum absolute atomic E-state index is 11.8. The number of methoxy groups -OCH3 is 1. The highest BCUT2D eigenvalue weighted by Gasteiger charge is 2.19. The second-order valence-electron chi connectivity index (χ2n) is 5.91. The first-order chi connectivity index (χ1) is 12.1. The van der Waals surface area contributed by atoms with Crippen LogP contribution in [-0.4, -0.2) is 45.4 Å². The summed E-state index contributed by atoms with van der Waals surface area (Å²) in [4.78, 5) is 13.3. The topological polar surface area (TPSA) is 57.2 Å². The van der Waals surface area contributed by atoms with Crippen molar-refractivity contribution >= 4 is 5.91 Å². The standard InChI is InChI=1S/C19H21NO5/c1-20(2)19(21)11-23-16-10-18-17(24-12-25-18)9-14(16)8-13-4-6-15(22-3)7-5-13/h4-7,9-10H,8,11-12H2,1-3H3. The zero-order valence-corrected chi connectivity index (χ0v) is 14.6. The molecule has 6 nitrogen and oxygen atoms in total. The van der Waals surface area contributed by atoms with Gasteiger partial charge in [-0.3, -0.25) is 4.79 Å². The number of hydrogen-bond acceptors (Lipinski definition) is 5. The lowest BCUT2D eigenvalue weighted by Gasteiger charge is -2.15. The van der Waals surface area contributed by atoms with Crippen LogP contribution < -0.4 is 18.9 Å². The van der Waals surface area contributed by atoms with Gasteiger partial charge in [0.05, 0.1) is 7.11 Å². The number of ether oxygens (including phenoxy) is 4. The highest BCUT2D eigenvalue weighted by Crippen LogP contribution is 2.39. The maximum Gasteiger partial charge on any atom is 0.259 e. The van der Waals surface area contributed by atoms with Crippen molar-refractivity contribution in [1.29, 1.82) is 0 Å². The van der Waals surface area contributed by atoms with E-state index in [2.05, 4.69) is 0 Å². The van der Waals surface area contributed by atoms with Crippen molar-refractivity contribution in [3.05, 3.63) is 47.5 Å². The molecular weight excluding hydrogens is 322 g/mol. The molecule has 0 bridgehead atoms. The van der Waals surface area contributed by atoms with E-state index < -0.39 is 0 Å². The number of benzene rings is 2. The van der Waals surface area contributed by atoms with E-state index in [-0.39, 0.29) is 19.3 Å². The summed E-state index contributed by atoms with van der Waals surface area (Å²) in [6, 6.07) is 11.5. The molecule has 1 amide bonds. The van der Waals surface area contributed by atoms with Gasteiger partial charge in [-0.25, -0.2) is 0 Å². The third-order valence-corrected chi connectivity index (χ3v) is 3.96. The Morgan fingerprint density at radius 2 is 1.80 bits per heavy atom. The lowest BCUT2D eigenvalue weighted by Crippen LogP contribution is -2.27. The number of hydrogen-bond donors (Lipinski definition) is 0. The molecule has 6 heteroatoms. The van der Waals surface area contributed by atoms with Gasteiger partial charge in [0, 0.05) is 32.1 Å². The Morgan fingerprint density at radius 3 is 2.44 bits per heavy atom. The molecule has 1 heterocycles. The number of amides is 1. The van der Waals surface area contributed by atoms with Crippen LogP contribution in [0, 0.1) is 0 Å². The van der Waals surface area contributed by atoms with Gasteiger partial charge in [0.1, 0.15) is 11.5 Å². The summed E-state index contributed by atoms with van der Waals surface area (Å²) in [6.45, 7) is 0.166. The van der Waals surface area contributed by atoms with Gasteiger partial charge in [-0.05, 0) is 23.8 Å². The lowest BCUT2D eigenvalue weighted by molar-refractivity contribution is -0.130. The van der Waals surface area contributed by atoms with Crippen LogP contribution in [0.25, 0.3) is 0 Å². The molecule has 0 saturated carbocycles. The van der Waals surface area contributed by atoms with E-state index in [4.69, 9.17) is 18.9 Å². The average Bonchev–Trinajstić information content (AvgIpc) is 3.07. The molecule has 0 aliphatic carbocycles. The minimum absolute atomic E-state index is 0.0255. The van der Waals surface area contributed by atoms with Crippen molar-refractivity contribution < 1.29 is 23.7 Å². The lowest BCUT2D eigenvalue weighted by atomic mass is 10.0. The molecule has 2 aromatic rings. The number of likely N-dealkylation sites (N-methyl/N-ethyl adjacent to an activating group) is 1. The molecule has 3 rings (SSSR count). The van der Waals surface area contributed by atoms with E-state index in [1.165, 1.54) is 4.90 Å². The Labute approximate surface area is 146 Å². The van der Waals surface area contributed by atoms with E-state index in [0.29, 0.717) is 23.7 Å². The van der Waals surface area contributed by atoms with Gasteiger partial charge >= 0.3 is 0 Å². The van der Waals surface area contributed by atoms with Crippen LogP contribution in [0.1, 0.15) is 11.1 Å². The quantitative estimate of drug-likeness (QED) is 0.806. The summed E-state index contributed by atoms with van der Waals surface area (Å²) >= 11 is 0. The van der Waals surface area contributed by atoms with Gasteiger partial charge in [-0.2, -0.15) is 0 Å². The molecule has 0 radical (unpaired) electrons. The SMILES string of the molecule is COc1ccc(Cc2cc3c(cc2OCC(=O)N(C)C)OCO3)cc1. The van der Waals surface area contributed by atoms with Crippen LogP contribution in [0.4, 0.5) is 0 Å². The third kappa shape index (κ3) is 3.96. The highest BCUT2D eigenvalue weighted by atomic mass is 16.7. The Kier molecular flexibility index (Phi) is 4.97. The van der Waals surface area contributed by atoms with Gasteiger partial charge in [-0.15, -0.1) is 0 Å². The molecule has 1 aliphatic heterocycles. The fraction of sp³-hybridized carbons (Fsp3) is 0.316. The molecule has 0 fully saturated rings. The van der Waals surface area contributed by atoms with Crippen LogP contribution >= 0.6 is 0 Å². The third-order valence-electron chi connectivity index (χ3n) is 3.96. The second-order valence-corrected chi connectivity index (χ2v) is 5.91. The summed E-state index contributed by atoms with van der Waals surface area (Å²) < 4.78 is 21.8. The molecule has 1 aliphatic rings. The number of nitrogens with zero attached hydrogens (tertiary/aromatic N) is 1. The van der Waals surface area contributed by atoms with Gasteiger partial charge in [-0.1, -0.05) is 12.1 Å². The van der Waals surface area contributed by atoms with Crippen LogP contribution in [-0.2, 0) is 11.2 Å². The predicted octanol–water partition coefficient (Wildman–Crippen LogP) is 2.48. The smallest absolute Gasteiger partial charge is 0.259 e. The fourth-order valence-corrected chi connectivity index (χ4v) is 2.47. The largest absolute Gasteiger partial charge is 0.497 e. The fourth-order valence-electron chi connectivity index (χ4n) is 2.47. The zero-order chi connectivity index (χ0) is 17.8. The molecule has 0 unspecified atom stereocenters. The highest BCUT2D eigenvalue weighted by molar-refractivity contribution is 5.77. The van der Waals surface area contributed by atoms with E-state index >= 15 is 0 Å². The molecule has 0 aromatic heterocycles. The van der Waals surface area contributed by atoms with Crippen molar-refractivity contribution in [2.45, 2.75) is 6.42 Å². The molecule has 0 atom stereocenters. The number of carbonyl (C=O) groups is 1. The van der Waals surface area contributed by atoms with E-state index in [9.17, 15) is 4.79 Å². The van der Waals surface area contributed by atoms with Crippen molar-refractivity contribution in [1.82, 2.24) is 4.90 Å². The van der Waals surface area contributed by atoms with E-state index in [1.807, 2.05) is 30.3 Å². The van der Waals surface area contributed by atoms with Crippen molar-refractivity contribution in [3.8, 4) is 23.0 Å². The van der Waals surface area contributed by atoms with Crippen LogP contribution in [0.15, 0.2) is 36.4 Å². The molecule has 0 saturated heterocycles. The maximum atomic E-state index is 11.8. The average molecular weight is 343 g/mol. The number of rotatable bonds is 6. The summed E-state index contributed by atoms with van der Waals surface area (Å²) in [7, 11) is 5.04. The van der Waals surface area contributed by atoms with Crippen LogP contribution in [0.5, 0.6) is 23.0 Å². The summed E-state index contributed by atoms with van der Waals surface area (Å²) in [5.74, 6) is 2.64. The Balaban J connectivity index is 1.83. The Hall–Kier alpha value is -2.89. The summed E-state index contributed by atoms with van der Waals surface area (Å²) in [5, 5.41) is 0. The van der Waals surface area contributed by atoms with Crippen LogP contribution in [0.3, 0.4) is 0 Å². The molecule has 2 aromatic carbocycles. The number of fused-ring (bicyclic) bond motifs is 1. The molecule has 0 N–H and O–H groups in total. The van der Waals surface area contributed by atoms with E-state index in [0.717, 1.165) is 16.9 Å². The molecule has 25 heavy (non-hydrogen) atoms. The van der Waals surface area contributed by atoms with Gasteiger partial charge < -0.3 is 23.8 Å². The van der Waals surface area contributed by atoms with Crippen molar-refractivity contribution in [2.24, 2.45) is 0 Å². The first-order valence-corrected chi connectivity index (χ1v) is 7.95. The van der Waals surface area contributed by atoms with Gasteiger partial charge in [0.15, 0.2) is 18.1 Å². The first kappa shape index (κ1) is 17.0.